The van der Waals surface area contributed by atoms with Crippen LogP contribution in [0, 0.1) is 6.92 Å². The van der Waals surface area contributed by atoms with Crippen molar-refractivity contribution >= 4 is 38.7 Å². The highest BCUT2D eigenvalue weighted by Gasteiger charge is 2.22. The van der Waals surface area contributed by atoms with E-state index >= 15 is 0 Å². The van der Waals surface area contributed by atoms with Crippen LogP contribution in [0.1, 0.15) is 12.5 Å². The van der Waals surface area contributed by atoms with Crippen LogP contribution in [0.25, 0.3) is 0 Å². The van der Waals surface area contributed by atoms with Gasteiger partial charge in [0.05, 0.1) is 41.4 Å². The number of anilines is 2. The van der Waals surface area contributed by atoms with Crippen molar-refractivity contribution in [3.05, 3.63) is 71.2 Å². The Morgan fingerprint density at radius 3 is 2.39 bits per heavy atom. The molecule has 0 bridgehead atoms. The molecule has 3 aromatic carbocycles. The predicted octanol–water partition coefficient (Wildman–Crippen LogP) is 4.94. The molecule has 0 atom stereocenters. The monoisotopic (exact) mass is 488 g/mol. The summed E-state index contributed by atoms with van der Waals surface area (Å²) in [5.41, 5.74) is 1.52. The van der Waals surface area contributed by atoms with E-state index in [1.165, 1.54) is 19.2 Å². The minimum absolute atomic E-state index is 0.0831. The van der Waals surface area contributed by atoms with Gasteiger partial charge in [-0.1, -0.05) is 17.7 Å². The summed E-state index contributed by atoms with van der Waals surface area (Å²) in [6.07, 6.45) is 0. The van der Waals surface area contributed by atoms with Crippen molar-refractivity contribution in [1.82, 2.24) is 0 Å². The molecule has 9 heteroatoms. The lowest BCUT2D eigenvalue weighted by atomic mass is 10.2. The Balaban J connectivity index is 1.81. The highest BCUT2D eigenvalue weighted by Crippen LogP contribution is 2.30. The van der Waals surface area contributed by atoms with E-state index in [1.54, 1.807) is 55.5 Å². The number of methoxy groups -OCH3 is 1. The van der Waals surface area contributed by atoms with Crippen molar-refractivity contribution in [2.24, 2.45) is 0 Å². The van der Waals surface area contributed by atoms with Gasteiger partial charge in [-0.3, -0.25) is 4.79 Å². The lowest BCUT2D eigenvalue weighted by Crippen LogP contribution is -2.23. The van der Waals surface area contributed by atoms with Crippen LogP contribution in [0.3, 0.4) is 0 Å². The summed E-state index contributed by atoms with van der Waals surface area (Å²) in [4.78, 5) is 12.7. The van der Waals surface area contributed by atoms with Crippen LogP contribution in [0.2, 0.25) is 5.02 Å². The molecule has 0 aromatic heterocycles. The first-order valence-electron chi connectivity index (χ1n) is 10.2. The lowest BCUT2D eigenvalue weighted by Gasteiger charge is -2.15. The molecule has 3 rings (SSSR count). The molecule has 33 heavy (non-hydrogen) atoms. The number of nitrogens with one attached hydrogen (secondary N) is 2. The third-order valence-electron chi connectivity index (χ3n) is 4.75. The largest absolute Gasteiger partial charge is 0.495 e. The van der Waals surface area contributed by atoms with Crippen LogP contribution < -0.4 is 20.1 Å². The summed E-state index contributed by atoms with van der Waals surface area (Å²) in [6, 6.07) is 16.1. The first kappa shape index (κ1) is 24.4. The molecule has 3 aromatic rings. The minimum Gasteiger partial charge on any atom is -0.495 e. The van der Waals surface area contributed by atoms with E-state index in [0.29, 0.717) is 34.5 Å². The number of hydrogen-bond acceptors (Lipinski definition) is 6. The van der Waals surface area contributed by atoms with Crippen molar-refractivity contribution in [3.8, 4) is 11.5 Å². The highest BCUT2D eigenvalue weighted by molar-refractivity contribution is 7.91. The van der Waals surface area contributed by atoms with E-state index in [9.17, 15) is 13.2 Å². The third kappa shape index (κ3) is 5.97. The summed E-state index contributed by atoms with van der Waals surface area (Å²) < 4.78 is 37.3. The number of sulfone groups is 1. The molecular formula is C24H25ClN2O5S. The number of benzene rings is 3. The first-order valence-corrected chi connectivity index (χ1v) is 12.1. The van der Waals surface area contributed by atoms with Crippen molar-refractivity contribution in [2.45, 2.75) is 23.6 Å². The quantitative estimate of drug-likeness (QED) is 0.443. The Morgan fingerprint density at radius 1 is 1.00 bits per heavy atom. The van der Waals surface area contributed by atoms with E-state index in [-0.39, 0.29) is 22.2 Å². The van der Waals surface area contributed by atoms with Crippen LogP contribution in [-0.2, 0) is 14.6 Å². The van der Waals surface area contributed by atoms with Crippen molar-refractivity contribution in [2.75, 3.05) is 30.9 Å². The number of hydrogen-bond donors (Lipinski definition) is 2. The summed E-state index contributed by atoms with van der Waals surface area (Å²) in [5, 5.41) is 6.09. The Kier molecular flexibility index (Phi) is 7.84. The van der Waals surface area contributed by atoms with Gasteiger partial charge in [0.1, 0.15) is 11.5 Å². The molecule has 0 aliphatic carbocycles. The maximum atomic E-state index is 13.3. The maximum Gasteiger partial charge on any atom is 0.243 e. The van der Waals surface area contributed by atoms with Gasteiger partial charge < -0.3 is 20.1 Å². The first-order chi connectivity index (χ1) is 15.7. The van der Waals surface area contributed by atoms with E-state index in [1.807, 2.05) is 6.92 Å². The van der Waals surface area contributed by atoms with Crippen LogP contribution in [-0.4, -0.2) is 34.6 Å². The van der Waals surface area contributed by atoms with Gasteiger partial charge in [-0.2, -0.15) is 0 Å². The van der Waals surface area contributed by atoms with E-state index in [2.05, 4.69) is 10.6 Å². The van der Waals surface area contributed by atoms with Crippen LogP contribution in [0.4, 0.5) is 11.4 Å². The van der Waals surface area contributed by atoms with Gasteiger partial charge in [-0.25, -0.2) is 8.42 Å². The molecule has 1 amide bonds. The molecule has 2 N–H and O–H groups in total. The normalized spacial score (nSPS) is 11.0. The van der Waals surface area contributed by atoms with E-state index < -0.39 is 9.84 Å². The average Bonchev–Trinajstić information content (AvgIpc) is 2.79. The molecular weight excluding hydrogens is 464 g/mol. The second-order valence-electron chi connectivity index (χ2n) is 7.15. The molecule has 7 nitrogen and oxygen atoms in total. The second-order valence-corrected chi connectivity index (χ2v) is 9.51. The molecule has 0 unspecified atom stereocenters. The number of halogens is 1. The predicted molar refractivity (Wildman–Crippen MR) is 129 cm³/mol. The molecule has 0 radical (unpaired) electrons. The number of carbonyl (C=O) groups is 1. The average molecular weight is 489 g/mol. The number of rotatable bonds is 9. The molecule has 174 valence electrons. The zero-order valence-electron chi connectivity index (χ0n) is 18.5. The Labute approximate surface area is 198 Å². The number of carbonyl (C=O) groups excluding carboxylic acids is 1. The molecule has 0 fully saturated rings. The SMILES string of the molecule is CCOc1ccc(S(=O)(=O)c2cc(C)ccc2NCC(=O)Nc2cc(Cl)ccc2OC)cc1. The topological polar surface area (TPSA) is 93.7 Å². The highest BCUT2D eigenvalue weighted by atomic mass is 35.5. The standard InChI is InChI=1S/C24H25ClN2O5S/c1-4-32-18-7-9-19(10-8-18)33(29,30)23-13-16(2)5-11-20(23)26-15-24(28)27-21-14-17(25)6-12-22(21)31-3/h5-14,26H,4,15H2,1-3H3,(H,27,28). The zero-order chi connectivity index (χ0) is 24.0. The number of ether oxygens (including phenoxy) is 2. The molecule has 0 aliphatic rings. The Morgan fingerprint density at radius 2 is 1.73 bits per heavy atom. The fraction of sp³-hybridized carbons (Fsp3) is 0.208. The summed E-state index contributed by atoms with van der Waals surface area (Å²) in [7, 11) is -2.35. The maximum absolute atomic E-state index is 13.3. The molecule has 0 saturated carbocycles. The molecule has 0 aliphatic heterocycles. The Bertz CT molecular complexity index is 1240. The van der Waals surface area contributed by atoms with Crippen LogP contribution in [0.15, 0.2) is 70.5 Å². The van der Waals surface area contributed by atoms with E-state index in [0.717, 1.165) is 5.56 Å². The molecule has 0 saturated heterocycles. The van der Waals surface area contributed by atoms with E-state index in [4.69, 9.17) is 21.1 Å². The van der Waals surface area contributed by atoms with Crippen LogP contribution in [0.5, 0.6) is 11.5 Å². The van der Waals surface area contributed by atoms with Gasteiger partial charge in [-0.15, -0.1) is 0 Å². The Hall–Kier alpha value is -3.23. The second kappa shape index (κ2) is 10.6. The van der Waals surface area contributed by atoms with Gasteiger partial charge in [0, 0.05) is 5.02 Å². The van der Waals surface area contributed by atoms with Gasteiger partial charge in [-0.05, 0) is 74.0 Å². The molecule has 0 spiro atoms. The van der Waals surface area contributed by atoms with Gasteiger partial charge in [0.15, 0.2) is 0 Å². The van der Waals surface area contributed by atoms with Crippen molar-refractivity contribution < 1.29 is 22.7 Å². The number of aryl methyl sites for hydroxylation is 1. The fourth-order valence-corrected chi connectivity index (χ4v) is 4.85. The van der Waals surface area contributed by atoms with Crippen LogP contribution >= 0.6 is 11.6 Å². The van der Waals surface area contributed by atoms with Gasteiger partial charge in [0.2, 0.25) is 15.7 Å². The van der Waals surface area contributed by atoms with Gasteiger partial charge in [0.25, 0.3) is 0 Å². The minimum atomic E-state index is -3.83. The third-order valence-corrected chi connectivity index (χ3v) is 6.79. The van der Waals surface area contributed by atoms with Gasteiger partial charge >= 0.3 is 0 Å². The summed E-state index contributed by atoms with van der Waals surface area (Å²) in [6.45, 7) is 3.98. The summed E-state index contributed by atoms with van der Waals surface area (Å²) in [5.74, 6) is 0.662. The fourth-order valence-electron chi connectivity index (χ4n) is 3.15. The molecule has 0 heterocycles. The van der Waals surface area contributed by atoms with Crippen molar-refractivity contribution in [3.63, 3.8) is 0 Å². The number of amides is 1. The van der Waals surface area contributed by atoms with Crippen molar-refractivity contribution in [1.29, 1.82) is 0 Å². The lowest BCUT2D eigenvalue weighted by molar-refractivity contribution is -0.114. The zero-order valence-corrected chi connectivity index (χ0v) is 20.1. The smallest absolute Gasteiger partial charge is 0.243 e. The summed E-state index contributed by atoms with van der Waals surface area (Å²) >= 11 is 6.00.